The van der Waals surface area contributed by atoms with Crippen LogP contribution < -0.4 is 5.32 Å². The van der Waals surface area contributed by atoms with Crippen molar-refractivity contribution in [3.05, 3.63) is 35.9 Å². The third kappa shape index (κ3) is 1.95. The molecular formula is C13H15NO2. The Bertz CT molecular complexity index is 380. The van der Waals surface area contributed by atoms with Gasteiger partial charge in [0.1, 0.15) is 6.61 Å². The van der Waals surface area contributed by atoms with Gasteiger partial charge in [-0.2, -0.15) is 0 Å². The minimum absolute atomic E-state index is 0.0298. The summed E-state index contributed by atoms with van der Waals surface area (Å²) in [4.78, 5) is 11.7. The van der Waals surface area contributed by atoms with Crippen LogP contribution in [0.5, 0.6) is 0 Å². The van der Waals surface area contributed by atoms with E-state index >= 15 is 0 Å². The van der Waals surface area contributed by atoms with E-state index in [9.17, 15) is 4.79 Å². The molecule has 16 heavy (non-hydrogen) atoms. The Hall–Kier alpha value is -1.35. The maximum Gasteiger partial charge on any atom is 0.309 e. The second-order valence-corrected chi connectivity index (χ2v) is 4.64. The summed E-state index contributed by atoms with van der Waals surface area (Å²) in [6.45, 7) is 0.402. The van der Waals surface area contributed by atoms with Crippen LogP contribution in [0.25, 0.3) is 0 Å². The fourth-order valence-corrected chi connectivity index (χ4v) is 2.43. The minimum atomic E-state index is -0.0298. The van der Waals surface area contributed by atoms with E-state index in [0.717, 1.165) is 18.4 Å². The number of carbonyl (C=O) groups excluding carboxylic acids is 1. The lowest BCUT2D eigenvalue weighted by molar-refractivity contribution is -0.149. The molecule has 2 fully saturated rings. The van der Waals surface area contributed by atoms with Crippen molar-refractivity contribution in [1.29, 1.82) is 0 Å². The lowest BCUT2D eigenvalue weighted by Crippen LogP contribution is -2.19. The fourth-order valence-electron chi connectivity index (χ4n) is 2.43. The molecule has 1 aromatic rings. The maximum absolute atomic E-state index is 11.7. The molecule has 2 aliphatic rings. The zero-order valence-electron chi connectivity index (χ0n) is 9.06. The SMILES string of the molecule is O=C(OCc1ccccc1)C1CC2NC2C1. The highest BCUT2D eigenvalue weighted by Gasteiger charge is 2.48. The van der Waals surface area contributed by atoms with Gasteiger partial charge in [-0.1, -0.05) is 30.3 Å². The van der Waals surface area contributed by atoms with Crippen LogP contribution >= 0.6 is 0 Å². The molecule has 1 heterocycles. The predicted octanol–water partition coefficient (Wildman–Crippen LogP) is 1.48. The van der Waals surface area contributed by atoms with Gasteiger partial charge in [0, 0.05) is 12.1 Å². The van der Waals surface area contributed by atoms with Crippen LogP contribution in [0, 0.1) is 5.92 Å². The third-order valence-corrected chi connectivity index (χ3v) is 3.44. The van der Waals surface area contributed by atoms with Gasteiger partial charge >= 0.3 is 5.97 Å². The number of nitrogens with one attached hydrogen (secondary N) is 1. The average molecular weight is 217 g/mol. The standard InChI is InChI=1S/C13H15NO2/c15-13(10-6-11-12(7-10)14-11)16-8-9-4-2-1-3-5-9/h1-5,10-12,14H,6-8H2. The van der Waals surface area contributed by atoms with Gasteiger partial charge in [0.2, 0.25) is 0 Å². The quantitative estimate of drug-likeness (QED) is 0.616. The second kappa shape index (κ2) is 3.91. The van der Waals surface area contributed by atoms with E-state index < -0.39 is 0 Å². The molecule has 3 nitrogen and oxygen atoms in total. The Labute approximate surface area is 94.8 Å². The van der Waals surface area contributed by atoms with Crippen LogP contribution in [0.1, 0.15) is 18.4 Å². The minimum Gasteiger partial charge on any atom is -0.461 e. The Balaban J connectivity index is 1.50. The molecule has 2 atom stereocenters. The summed E-state index contributed by atoms with van der Waals surface area (Å²) < 4.78 is 5.31. The largest absolute Gasteiger partial charge is 0.461 e. The number of rotatable bonds is 3. The van der Waals surface area contributed by atoms with Gasteiger partial charge in [-0.15, -0.1) is 0 Å². The van der Waals surface area contributed by atoms with Crippen molar-refractivity contribution in [3.8, 4) is 0 Å². The molecule has 84 valence electrons. The molecule has 0 radical (unpaired) electrons. The van der Waals surface area contributed by atoms with E-state index in [1.807, 2.05) is 30.3 Å². The van der Waals surface area contributed by atoms with Crippen LogP contribution in [0.15, 0.2) is 30.3 Å². The highest BCUT2D eigenvalue weighted by molar-refractivity contribution is 5.73. The number of hydrogen-bond acceptors (Lipinski definition) is 3. The van der Waals surface area contributed by atoms with Crippen LogP contribution in [-0.4, -0.2) is 18.1 Å². The molecule has 3 heteroatoms. The molecule has 1 aliphatic heterocycles. The van der Waals surface area contributed by atoms with Crippen LogP contribution in [-0.2, 0) is 16.1 Å². The lowest BCUT2D eigenvalue weighted by atomic mass is 10.1. The van der Waals surface area contributed by atoms with E-state index in [1.54, 1.807) is 0 Å². The van der Waals surface area contributed by atoms with Gasteiger partial charge in [-0.25, -0.2) is 0 Å². The van der Waals surface area contributed by atoms with E-state index in [4.69, 9.17) is 4.74 Å². The van der Waals surface area contributed by atoms with Crippen LogP contribution in [0.2, 0.25) is 0 Å². The van der Waals surface area contributed by atoms with Crippen LogP contribution in [0.4, 0.5) is 0 Å². The molecule has 2 unspecified atom stereocenters. The van der Waals surface area contributed by atoms with Crippen LogP contribution in [0.3, 0.4) is 0 Å². The molecule has 0 spiro atoms. The monoisotopic (exact) mass is 217 g/mol. The number of benzene rings is 1. The van der Waals surface area contributed by atoms with Gasteiger partial charge in [0.05, 0.1) is 5.92 Å². The van der Waals surface area contributed by atoms with E-state index in [2.05, 4.69) is 5.32 Å². The number of piperidine rings is 1. The van der Waals surface area contributed by atoms with E-state index in [-0.39, 0.29) is 11.9 Å². The maximum atomic E-state index is 11.7. The number of ether oxygens (including phenoxy) is 1. The highest BCUT2D eigenvalue weighted by atomic mass is 16.5. The Kier molecular flexibility index (Phi) is 2.40. The number of hydrogen-bond donors (Lipinski definition) is 1. The molecule has 0 amide bonds. The van der Waals surface area contributed by atoms with Gasteiger partial charge in [-0.05, 0) is 18.4 Å². The van der Waals surface area contributed by atoms with Crippen molar-refractivity contribution in [2.24, 2.45) is 5.92 Å². The summed E-state index contributed by atoms with van der Waals surface area (Å²) in [5, 5.41) is 3.32. The summed E-state index contributed by atoms with van der Waals surface area (Å²) in [7, 11) is 0. The van der Waals surface area contributed by atoms with Crippen molar-refractivity contribution < 1.29 is 9.53 Å². The zero-order valence-corrected chi connectivity index (χ0v) is 9.06. The average Bonchev–Trinajstić information content (AvgIpc) is 2.94. The Morgan fingerprint density at radius 1 is 1.25 bits per heavy atom. The number of carbonyl (C=O) groups is 1. The van der Waals surface area contributed by atoms with Gasteiger partial charge in [0.25, 0.3) is 0 Å². The summed E-state index contributed by atoms with van der Waals surface area (Å²) in [6.07, 6.45) is 1.91. The first-order valence-electron chi connectivity index (χ1n) is 5.79. The Morgan fingerprint density at radius 2 is 1.94 bits per heavy atom. The van der Waals surface area contributed by atoms with Crippen molar-refractivity contribution in [2.75, 3.05) is 0 Å². The topological polar surface area (TPSA) is 48.2 Å². The first kappa shape index (κ1) is 9.85. The summed E-state index contributed by atoms with van der Waals surface area (Å²) >= 11 is 0. The number of fused-ring (bicyclic) bond motifs is 1. The van der Waals surface area contributed by atoms with E-state index in [0.29, 0.717) is 18.7 Å². The summed E-state index contributed by atoms with van der Waals surface area (Å²) in [5.41, 5.74) is 1.05. The van der Waals surface area contributed by atoms with Gasteiger partial charge in [-0.3, -0.25) is 4.79 Å². The smallest absolute Gasteiger partial charge is 0.309 e. The zero-order chi connectivity index (χ0) is 11.0. The first-order valence-corrected chi connectivity index (χ1v) is 5.79. The molecule has 0 bridgehead atoms. The number of esters is 1. The van der Waals surface area contributed by atoms with Crippen molar-refractivity contribution >= 4 is 5.97 Å². The first-order chi connectivity index (χ1) is 7.83. The van der Waals surface area contributed by atoms with Gasteiger partial charge < -0.3 is 10.1 Å². The second-order valence-electron chi connectivity index (χ2n) is 4.64. The lowest BCUT2D eigenvalue weighted by Gasteiger charge is -2.11. The van der Waals surface area contributed by atoms with Crippen molar-refractivity contribution in [2.45, 2.75) is 31.5 Å². The molecule has 0 aromatic heterocycles. The Morgan fingerprint density at radius 3 is 2.62 bits per heavy atom. The summed E-state index contributed by atoms with van der Waals surface area (Å²) in [5.74, 6) is 0.0952. The molecule has 1 saturated heterocycles. The van der Waals surface area contributed by atoms with E-state index in [1.165, 1.54) is 0 Å². The predicted molar refractivity (Wildman–Crippen MR) is 59.7 cm³/mol. The molecule has 1 saturated carbocycles. The molecule has 1 N–H and O–H groups in total. The molecule has 1 aromatic carbocycles. The third-order valence-electron chi connectivity index (χ3n) is 3.44. The highest BCUT2D eigenvalue weighted by Crippen LogP contribution is 2.36. The van der Waals surface area contributed by atoms with Crippen molar-refractivity contribution in [3.63, 3.8) is 0 Å². The molecular weight excluding hydrogens is 202 g/mol. The summed E-state index contributed by atoms with van der Waals surface area (Å²) in [6, 6.07) is 11.0. The molecule has 1 aliphatic carbocycles. The normalized spacial score (nSPS) is 30.9. The van der Waals surface area contributed by atoms with Gasteiger partial charge in [0.15, 0.2) is 0 Å². The molecule has 3 rings (SSSR count). The fraction of sp³-hybridized carbons (Fsp3) is 0.462. The van der Waals surface area contributed by atoms with Crippen molar-refractivity contribution in [1.82, 2.24) is 5.32 Å².